The summed E-state index contributed by atoms with van der Waals surface area (Å²) in [5.74, 6) is 0.313. The summed E-state index contributed by atoms with van der Waals surface area (Å²) in [6.45, 7) is 0.446. The first-order valence-electron chi connectivity index (χ1n) is 11.3. The molecule has 174 valence electrons. The van der Waals surface area contributed by atoms with Crippen LogP contribution in [0.15, 0.2) is 42.5 Å². The lowest BCUT2D eigenvalue weighted by Gasteiger charge is -2.29. The highest BCUT2D eigenvalue weighted by molar-refractivity contribution is 8.01. The van der Waals surface area contributed by atoms with Gasteiger partial charge in [0.25, 0.3) is 5.91 Å². The Labute approximate surface area is 193 Å². The molecule has 0 aliphatic carbocycles. The van der Waals surface area contributed by atoms with Crippen molar-refractivity contribution in [3.8, 4) is 5.75 Å². The lowest BCUT2D eigenvalue weighted by Crippen LogP contribution is -2.43. The van der Waals surface area contributed by atoms with Crippen molar-refractivity contribution in [3.63, 3.8) is 0 Å². The Morgan fingerprint density at radius 2 is 1.78 bits per heavy atom. The number of hydrogen-bond donors (Lipinski definition) is 3. The van der Waals surface area contributed by atoms with Crippen LogP contribution in [-0.2, 0) is 14.4 Å². The molecule has 2 aliphatic heterocycles. The summed E-state index contributed by atoms with van der Waals surface area (Å²) in [5, 5.41) is 15.5. The quantitative estimate of drug-likeness (QED) is 0.309. The number of thioether (sulfide) groups is 1. The van der Waals surface area contributed by atoms with Crippen LogP contribution in [0.2, 0.25) is 0 Å². The molecule has 0 saturated carbocycles. The Bertz CT molecular complexity index is 801. The summed E-state index contributed by atoms with van der Waals surface area (Å²) >= 11 is 2.05. The minimum atomic E-state index is -0.751. The van der Waals surface area contributed by atoms with Gasteiger partial charge < -0.3 is 20.5 Å². The van der Waals surface area contributed by atoms with Gasteiger partial charge >= 0.3 is 5.97 Å². The molecule has 0 spiro atoms. The van der Waals surface area contributed by atoms with Gasteiger partial charge in [-0.2, -0.15) is 11.8 Å². The summed E-state index contributed by atoms with van der Waals surface area (Å²) in [7, 11) is 0. The molecule has 4 atom stereocenters. The summed E-state index contributed by atoms with van der Waals surface area (Å²) in [6, 6.07) is 9.08. The molecular formula is C24H32N2O5S. The van der Waals surface area contributed by atoms with Gasteiger partial charge in [-0.25, -0.2) is 0 Å². The van der Waals surface area contributed by atoms with Crippen LogP contribution in [0.25, 0.3) is 0 Å². The van der Waals surface area contributed by atoms with Crippen molar-refractivity contribution in [1.82, 2.24) is 10.6 Å². The van der Waals surface area contributed by atoms with Crippen molar-refractivity contribution in [2.45, 2.75) is 49.0 Å². The van der Waals surface area contributed by atoms with Gasteiger partial charge in [-0.15, -0.1) is 0 Å². The number of amides is 2. The second kappa shape index (κ2) is 12.5. The molecule has 1 aromatic rings. The normalized spacial score (nSPS) is 23.9. The van der Waals surface area contributed by atoms with Gasteiger partial charge in [0.1, 0.15) is 5.75 Å². The fourth-order valence-electron chi connectivity index (χ4n) is 4.41. The van der Waals surface area contributed by atoms with E-state index in [1.807, 2.05) is 30.0 Å². The lowest BCUT2D eigenvalue weighted by atomic mass is 9.77. The number of carbonyl (C=O) groups excluding carboxylic acids is 2. The van der Waals surface area contributed by atoms with Crippen LogP contribution >= 0.6 is 11.8 Å². The number of nitrogens with one attached hydrogen (secondary N) is 2. The Morgan fingerprint density at radius 3 is 2.53 bits per heavy atom. The van der Waals surface area contributed by atoms with Gasteiger partial charge in [0.15, 0.2) is 6.61 Å². The van der Waals surface area contributed by atoms with Crippen molar-refractivity contribution >= 4 is 29.5 Å². The average Bonchev–Trinajstić information content (AvgIpc) is 3.39. The van der Waals surface area contributed by atoms with Crippen molar-refractivity contribution < 1.29 is 24.2 Å². The molecule has 8 heteroatoms. The lowest BCUT2D eigenvalue weighted by molar-refractivity contribution is -0.137. The van der Waals surface area contributed by atoms with Crippen LogP contribution in [0, 0.1) is 11.8 Å². The van der Waals surface area contributed by atoms with Crippen LogP contribution in [0.4, 0.5) is 0 Å². The third kappa shape index (κ3) is 7.58. The standard InChI is InChI=1S/C24H32N2O5S/c27-22(15-26-23(28)16-31-17-8-4-3-5-9-17)25-14-19-18(20-12-13-21(19)32-20)10-6-1-2-7-11-24(29)30/h1,3-6,8-9,18-21H,2,7,10-16H2,(H,25,27)(H,26,28)(H,29,30)/t18-,19+,20-,21+/m0/s1. The number of fused-ring (bicyclic) bond motifs is 2. The molecule has 2 heterocycles. The minimum absolute atomic E-state index is 0.0565. The van der Waals surface area contributed by atoms with E-state index in [4.69, 9.17) is 9.84 Å². The van der Waals surface area contributed by atoms with E-state index in [1.165, 1.54) is 12.8 Å². The highest BCUT2D eigenvalue weighted by Gasteiger charge is 2.47. The molecule has 3 rings (SSSR count). The van der Waals surface area contributed by atoms with Gasteiger partial charge in [0.05, 0.1) is 6.54 Å². The number of benzene rings is 1. The van der Waals surface area contributed by atoms with Crippen LogP contribution in [-0.4, -0.2) is 53.1 Å². The van der Waals surface area contributed by atoms with E-state index >= 15 is 0 Å². The third-order valence-electron chi connectivity index (χ3n) is 6.02. The van der Waals surface area contributed by atoms with E-state index in [1.54, 1.807) is 12.1 Å². The first kappa shape index (κ1) is 24.2. The number of carbonyl (C=O) groups is 3. The zero-order valence-electron chi connectivity index (χ0n) is 18.2. The maximum Gasteiger partial charge on any atom is 0.303 e. The molecule has 3 N–H and O–H groups in total. The van der Waals surface area contributed by atoms with Crippen molar-refractivity contribution in [2.24, 2.45) is 11.8 Å². The molecule has 2 amide bonds. The van der Waals surface area contributed by atoms with E-state index in [9.17, 15) is 14.4 Å². The summed E-state index contributed by atoms with van der Waals surface area (Å²) in [4.78, 5) is 34.7. The predicted octanol–water partition coefficient (Wildman–Crippen LogP) is 3.01. The Hall–Kier alpha value is -2.48. The number of hydrogen-bond acceptors (Lipinski definition) is 5. The van der Waals surface area contributed by atoms with E-state index in [2.05, 4.69) is 22.8 Å². The van der Waals surface area contributed by atoms with Crippen LogP contribution < -0.4 is 15.4 Å². The van der Waals surface area contributed by atoms with Crippen LogP contribution in [0.3, 0.4) is 0 Å². The molecule has 0 radical (unpaired) electrons. The van der Waals surface area contributed by atoms with E-state index < -0.39 is 5.97 Å². The molecule has 2 fully saturated rings. The maximum atomic E-state index is 12.2. The summed E-state index contributed by atoms with van der Waals surface area (Å²) < 4.78 is 5.38. The van der Waals surface area contributed by atoms with Gasteiger partial charge in [-0.3, -0.25) is 14.4 Å². The Balaban J connectivity index is 1.34. The number of ether oxygens (including phenoxy) is 1. The molecule has 1 aromatic carbocycles. The smallest absolute Gasteiger partial charge is 0.303 e. The zero-order valence-corrected chi connectivity index (χ0v) is 19.0. The second-order valence-electron chi connectivity index (χ2n) is 8.29. The second-order valence-corrected chi connectivity index (χ2v) is 9.78. The first-order chi connectivity index (χ1) is 15.5. The highest BCUT2D eigenvalue weighted by atomic mass is 32.2. The van der Waals surface area contributed by atoms with Gasteiger partial charge in [-0.05, 0) is 56.1 Å². The SMILES string of the molecule is O=C(O)CCCC=CC[C@H]1[C@@H](CNC(=O)CNC(=O)COc2ccccc2)[C@H]2CC[C@@H]1S2. The molecule has 2 aliphatic rings. The number of carboxylic acids is 1. The number of para-hydroxylation sites is 1. The molecule has 32 heavy (non-hydrogen) atoms. The molecule has 0 unspecified atom stereocenters. The Morgan fingerprint density at radius 1 is 1.03 bits per heavy atom. The van der Waals surface area contributed by atoms with Crippen LogP contribution in [0.5, 0.6) is 5.75 Å². The van der Waals surface area contributed by atoms with E-state index in [-0.39, 0.29) is 31.4 Å². The van der Waals surface area contributed by atoms with Gasteiger partial charge in [-0.1, -0.05) is 30.4 Å². The van der Waals surface area contributed by atoms with Crippen LogP contribution in [0.1, 0.15) is 38.5 Å². The predicted molar refractivity (Wildman–Crippen MR) is 125 cm³/mol. The van der Waals surface area contributed by atoms with Gasteiger partial charge in [0, 0.05) is 23.5 Å². The molecule has 7 nitrogen and oxygen atoms in total. The molecular weight excluding hydrogens is 428 g/mol. The fraction of sp³-hybridized carbons (Fsp3) is 0.542. The van der Waals surface area contributed by atoms with Gasteiger partial charge in [0.2, 0.25) is 5.91 Å². The molecule has 2 saturated heterocycles. The summed E-state index contributed by atoms with van der Waals surface area (Å²) in [6.07, 6.45) is 9.32. The molecule has 0 aromatic heterocycles. The molecule has 2 bridgehead atoms. The number of rotatable bonds is 13. The largest absolute Gasteiger partial charge is 0.484 e. The van der Waals surface area contributed by atoms with E-state index in [0.29, 0.717) is 41.1 Å². The maximum absolute atomic E-state index is 12.2. The van der Waals surface area contributed by atoms with Crippen molar-refractivity contribution in [3.05, 3.63) is 42.5 Å². The number of aliphatic carboxylic acids is 1. The van der Waals surface area contributed by atoms with E-state index in [0.717, 1.165) is 12.8 Å². The highest BCUT2D eigenvalue weighted by Crippen LogP contribution is 2.54. The topological polar surface area (TPSA) is 105 Å². The first-order valence-corrected chi connectivity index (χ1v) is 12.2. The number of unbranched alkanes of at least 4 members (excludes halogenated alkanes) is 1. The Kier molecular flexibility index (Phi) is 9.46. The third-order valence-corrected chi connectivity index (χ3v) is 7.89. The minimum Gasteiger partial charge on any atom is -0.484 e. The zero-order chi connectivity index (χ0) is 22.8. The fourth-order valence-corrected chi connectivity index (χ4v) is 6.42. The average molecular weight is 461 g/mol. The number of allylic oxidation sites excluding steroid dienone is 2. The van der Waals surface area contributed by atoms with Crippen molar-refractivity contribution in [1.29, 1.82) is 0 Å². The monoisotopic (exact) mass is 460 g/mol. The van der Waals surface area contributed by atoms with Crippen molar-refractivity contribution in [2.75, 3.05) is 19.7 Å². The summed E-state index contributed by atoms with van der Waals surface area (Å²) in [5.41, 5.74) is 0. The number of carboxylic acid groups (broad SMARTS) is 1.